The third-order valence-corrected chi connectivity index (χ3v) is 7.75. The fourth-order valence-electron chi connectivity index (χ4n) is 5.46. The van der Waals surface area contributed by atoms with Crippen molar-refractivity contribution in [3.63, 3.8) is 0 Å². The number of rotatable bonds is 7. The van der Waals surface area contributed by atoms with Crippen molar-refractivity contribution in [3.8, 4) is 0 Å². The predicted molar refractivity (Wildman–Crippen MR) is 153 cm³/mol. The van der Waals surface area contributed by atoms with Crippen LogP contribution in [0.5, 0.6) is 0 Å². The SMILES string of the molecule is Nc1ncnc2c1ncn2[C@@H]1CC(CNC(=O)/C=C/c2ccc(C(=O)Nc3cccc4c3CNC4=O)cc2)[C@@H](O)[C@H]1O. The Hall–Kier alpha value is -5.14. The Kier molecular flexibility index (Phi) is 7.10. The van der Waals surface area contributed by atoms with Crippen molar-refractivity contribution < 1.29 is 24.6 Å². The molecule has 4 atom stereocenters. The molecule has 1 fully saturated rings. The van der Waals surface area contributed by atoms with E-state index in [1.165, 1.54) is 18.7 Å². The van der Waals surface area contributed by atoms with Crippen LogP contribution in [-0.2, 0) is 11.3 Å². The molecular formula is C29H28N8O5. The van der Waals surface area contributed by atoms with E-state index in [0.717, 1.165) is 5.56 Å². The molecule has 2 aromatic heterocycles. The van der Waals surface area contributed by atoms with E-state index in [2.05, 4.69) is 30.9 Å². The van der Waals surface area contributed by atoms with Gasteiger partial charge in [-0.2, -0.15) is 0 Å². The topological polar surface area (TPSA) is 197 Å². The summed E-state index contributed by atoms with van der Waals surface area (Å²) in [6.45, 7) is 0.523. The number of hydrogen-bond acceptors (Lipinski definition) is 9. The molecular weight excluding hydrogens is 540 g/mol. The molecule has 0 bridgehead atoms. The summed E-state index contributed by atoms with van der Waals surface area (Å²) in [5.41, 5.74) is 9.77. The summed E-state index contributed by atoms with van der Waals surface area (Å²) >= 11 is 0. The monoisotopic (exact) mass is 568 g/mol. The molecule has 0 radical (unpaired) electrons. The van der Waals surface area contributed by atoms with Crippen LogP contribution < -0.4 is 21.7 Å². The van der Waals surface area contributed by atoms with Crippen LogP contribution in [0.1, 0.15) is 44.3 Å². The molecule has 1 unspecified atom stereocenters. The molecule has 4 aromatic rings. The largest absolute Gasteiger partial charge is 0.390 e. The Morgan fingerprint density at radius 2 is 1.90 bits per heavy atom. The molecule has 2 aliphatic rings. The van der Waals surface area contributed by atoms with E-state index in [0.29, 0.717) is 46.5 Å². The number of imidazole rings is 1. The number of carbonyl (C=O) groups is 3. The lowest BCUT2D eigenvalue weighted by Gasteiger charge is -2.18. The van der Waals surface area contributed by atoms with E-state index in [-0.39, 0.29) is 30.1 Å². The summed E-state index contributed by atoms with van der Waals surface area (Å²) in [6, 6.07) is 11.4. The smallest absolute Gasteiger partial charge is 0.255 e. The summed E-state index contributed by atoms with van der Waals surface area (Å²) in [7, 11) is 0. The van der Waals surface area contributed by atoms with Crippen LogP contribution in [0.25, 0.3) is 17.2 Å². The number of nitrogens with one attached hydrogen (secondary N) is 3. The Labute approximate surface area is 239 Å². The zero-order chi connectivity index (χ0) is 29.4. The molecule has 214 valence electrons. The highest BCUT2D eigenvalue weighted by atomic mass is 16.3. The Balaban J connectivity index is 1.03. The van der Waals surface area contributed by atoms with E-state index >= 15 is 0 Å². The number of amides is 3. The molecule has 6 rings (SSSR count). The Bertz CT molecular complexity index is 1720. The number of aromatic nitrogens is 4. The van der Waals surface area contributed by atoms with Crippen molar-refractivity contribution in [3.05, 3.63) is 83.4 Å². The quantitative estimate of drug-likeness (QED) is 0.176. The summed E-state index contributed by atoms with van der Waals surface area (Å²) in [5.74, 6) is -1.00. The molecule has 7 N–H and O–H groups in total. The summed E-state index contributed by atoms with van der Waals surface area (Å²) < 4.78 is 1.68. The van der Waals surface area contributed by atoms with Gasteiger partial charge in [-0.15, -0.1) is 0 Å². The Morgan fingerprint density at radius 1 is 1.10 bits per heavy atom. The molecule has 13 nitrogen and oxygen atoms in total. The van der Waals surface area contributed by atoms with E-state index in [9.17, 15) is 24.6 Å². The number of anilines is 2. The fraction of sp³-hybridized carbons (Fsp3) is 0.241. The average Bonchev–Trinajstić information content (AvgIpc) is 3.68. The lowest BCUT2D eigenvalue weighted by atomic mass is 10.1. The number of hydrogen-bond donors (Lipinski definition) is 6. The van der Waals surface area contributed by atoms with Gasteiger partial charge in [0.2, 0.25) is 5.91 Å². The number of fused-ring (bicyclic) bond motifs is 2. The number of nitrogens with zero attached hydrogens (tertiary/aromatic N) is 4. The zero-order valence-corrected chi connectivity index (χ0v) is 22.3. The zero-order valence-electron chi connectivity index (χ0n) is 22.3. The first-order valence-electron chi connectivity index (χ1n) is 13.4. The third-order valence-electron chi connectivity index (χ3n) is 7.75. The fourth-order valence-corrected chi connectivity index (χ4v) is 5.46. The number of carbonyl (C=O) groups excluding carboxylic acids is 3. The van der Waals surface area contributed by atoms with Gasteiger partial charge >= 0.3 is 0 Å². The molecule has 0 spiro atoms. The molecule has 42 heavy (non-hydrogen) atoms. The van der Waals surface area contributed by atoms with Gasteiger partial charge in [-0.1, -0.05) is 18.2 Å². The third kappa shape index (κ3) is 5.06. The van der Waals surface area contributed by atoms with Crippen molar-refractivity contribution in [2.45, 2.75) is 31.2 Å². The van der Waals surface area contributed by atoms with Crippen LogP contribution in [0.15, 0.2) is 61.2 Å². The highest BCUT2D eigenvalue weighted by Crippen LogP contribution is 2.36. The van der Waals surface area contributed by atoms with Crippen molar-refractivity contribution >= 4 is 46.5 Å². The standard InChI is InChI=1S/C29H28N8O5/c30-26-23-27(34-13-33-26)37(14-35-23)21-10-17(24(39)25(21)40)11-31-22(38)9-6-15-4-7-16(8-5-15)28(41)36-20-3-1-2-18-19(20)12-32-29(18)42/h1-9,13-14,17,21,24-25,39-40H,10-12H2,(H,31,38)(H,32,42)(H,36,41)(H2,30,33,34)/b9-6+/t17?,21-,24-,25+/m1/s1. The van der Waals surface area contributed by atoms with E-state index < -0.39 is 24.2 Å². The number of aliphatic hydroxyl groups is 2. The molecule has 1 aliphatic carbocycles. The minimum absolute atomic E-state index is 0.158. The maximum atomic E-state index is 12.8. The molecule has 1 aliphatic heterocycles. The first kappa shape index (κ1) is 27.1. The van der Waals surface area contributed by atoms with Crippen LogP contribution in [0.4, 0.5) is 11.5 Å². The lowest BCUT2D eigenvalue weighted by Crippen LogP contribution is -2.35. The van der Waals surface area contributed by atoms with Gasteiger partial charge in [0, 0.05) is 47.5 Å². The highest BCUT2D eigenvalue weighted by Gasteiger charge is 2.43. The van der Waals surface area contributed by atoms with E-state index in [4.69, 9.17) is 5.73 Å². The van der Waals surface area contributed by atoms with Crippen molar-refractivity contribution in [2.75, 3.05) is 17.6 Å². The molecule has 3 amide bonds. The van der Waals surface area contributed by atoms with E-state index in [1.807, 2.05) is 0 Å². The van der Waals surface area contributed by atoms with Crippen LogP contribution in [0, 0.1) is 5.92 Å². The van der Waals surface area contributed by atoms with Crippen molar-refractivity contribution in [1.29, 1.82) is 0 Å². The van der Waals surface area contributed by atoms with Crippen LogP contribution in [-0.4, -0.2) is 66.2 Å². The Morgan fingerprint density at radius 3 is 2.71 bits per heavy atom. The highest BCUT2D eigenvalue weighted by molar-refractivity contribution is 6.07. The van der Waals surface area contributed by atoms with Crippen LogP contribution in [0.3, 0.4) is 0 Å². The van der Waals surface area contributed by atoms with Gasteiger partial charge in [-0.05, 0) is 42.3 Å². The van der Waals surface area contributed by atoms with Crippen LogP contribution in [0.2, 0.25) is 0 Å². The first-order valence-corrected chi connectivity index (χ1v) is 13.4. The molecule has 0 saturated heterocycles. The van der Waals surface area contributed by atoms with Crippen molar-refractivity contribution in [1.82, 2.24) is 30.2 Å². The van der Waals surface area contributed by atoms with Gasteiger partial charge in [0.1, 0.15) is 17.9 Å². The normalized spacial score (nSPS) is 21.4. The van der Waals surface area contributed by atoms with Gasteiger partial charge in [0.25, 0.3) is 11.8 Å². The van der Waals surface area contributed by atoms with Gasteiger partial charge in [0.05, 0.1) is 18.5 Å². The minimum atomic E-state index is -1.08. The first-order chi connectivity index (χ1) is 20.3. The second-order valence-electron chi connectivity index (χ2n) is 10.3. The molecule has 2 aromatic carbocycles. The van der Waals surface area contributed by atoms with Crippen molar-refractivity contribution in [2.24, 2.45) is 5.92 Å². The predicted octanol–water partition coefficient (Wildman–Crippen LogP) is 1.02. The number of nitrogens with two attached hydrogens (primary N) is 1. The molecule has 3 heterocycles. The molecule has 1 saturated carbocycles. The number of nitrogen functional groups attached to an aromatic ring is 1. The maximum Gasteiger partial charge on any atom is 0.255 e. The average molecular weight is 569 g/mol. The summed E-state index contributed by atoms with van der Waals surface area (Å²) in [5, 5.41) is 29.7. The van der Waals surface area contributed by atoms with Gasteiger partial charge < -0.3 is 36.5 Å². The summed E-state index contributed by atoms with van der Waals surface area (Å²) in [6.07, 6.45) is 4.08. The minimum Gasteiger partial charge on any atom is -0.390 e. The lowest BCUT2D eigenvalue weighted by molar-refractivity contribution is -0.116. The number of aliphatic hydroxyl groups excluding tert-OH is 2. The van der Waals surface area contributed by atoms with Gasteiger partial charge in [-0.3, -0.25) is 14.4 Å². The second kappa shape index (κ2) is 11.0. The molecule has 13 heteroatoms. The maximum absolute atomic E-state index is 12.8. The second-order valence-corrected chi connectivity index (χ2v) is 10.3. The summed E-state index contributed by atoms with van der Waals surface area (Å²) in [4.78, 5) is 49.5. The van der Waals surface area contributed by atoms with E-state index in [1.54, 1.807) is 53.1 Å². The van der Waals surface area contributed by atoms with Gasteiger partial charge in [-0.25, -0.2) is 15.0 Å². The number of benzene rings is 2. The van der Waals surface area contributed by atoms with Gasteiger partial charge in [0.15, 0.2) is 11.5 Å². The van der Waals surface area contributed by atoms with Crippen LogP contribution >= 0.6 is 0 Å².